The van der Waals surface area contributed by atoms with E-state index in [0.717, 1.165) is 0 Å². The highest BCUT2D eigenvalue weighted by molar-refractivity contribution is 5.01. The van der Waals surface area contributed by atoms with Gasteiger partial charge in [-0.25, -0.2) is 0 Å². The second-order valence-corrected chi connectivity index (χ2v) is 1.68. The minimum absolute atomic E-state index is 0.233. The molecule has 0 aliphatic carbocycles. The number of hydrogen-bond donors (Lipinski definition) is 2. The number of hydrogen-bond acceptors (Lipinski definition) is 4. The first kappa shape index (κ1) is 6.38. The standard InChI is InChI=1S/C5H8O4/c1-3-4(2-6)9-5(7)8-3/h5-7H,2H2,1H3. The van der Waals surface area contributed by atoms with Crippen LogP contribution in [0.5, 0.6) is 0 Å². The molecule has 1 atom stereocenters. The van der Waals surface area contributed by atoms with Crippen LogP contribution in [0.15, 0.2) is 11.5 Å². The quantitative estimate of drug-likeness (QED) is 0.506. The summed E-state index contributed by atoms with van der Waals surface area (Å²) in [7, 11) is 0. The van der Waals surface area contributed by atoms with Crippen molar-refractivity contribution in [3.63, 3.8) is 0 Å². The fraction of sp³-hybridized carbons (Fsp3) is 0.600. The largest absolute Gasteiger partial charge is 0.433 e. The van der Waals surface area contributed by atoms with Crippen molar-refractivity contribution >= 4 is 0 Å². The summed E-state index contributed by atoms with van der Waals surface area (Å²) >= 11 is 0. The van der Waals surface area contributed by atoms with E-state index in [9.17, 15) is 0 Å². The molecule has 0 fully saturated rings. The molecule has 1 aliphatic heterocycles. The van der Waals surface area contributed by atoms with E-state index in [4.69, 9.17) is 10.2 Å². The van der Waals surface area contributed by atoms with E-state index >= 15 is 0 Å². The maximum atomic E-state index is 8.60. The van der Waals surface area contributed by atoms with Gasteiger partial charge < -0.3 is 19.7 Å². The molecule has 9 heavy (non-hydrogen) atoms. The molecule has 0 aromatic carbocycles. The Labute approximate surface area is 52.3 Å². The maximum Gasteiger partial charge on any atom is 0.358 e. The lowest BCUT2D eigenvalue weighted by atomic mass is 10.4. The molecule has 0 saturated heterocycles. The van der Waals surface area contributed by atoms with Gasteiger partial charge in [0.2, 0.25) is 0 Å². The normalized spacial score (nSPS) is 25.9. The Bertz CT molecular complexity index is 140. The van der Waals surface area contributed by atoms with Crippen molar-refractivity contribution in [1.29, 1.82) is 0 Å². The van der Waals surface area contributed by atoms with Crippen LogP contribution in [0.1, 0.15) is 6.92 Å². The summed E-state index contributed by atoms with van der Waals surface area (Å²) < 4.78 is 9.20. The molecule has 2 N–H and O–H groups in total. The van der Waals surface area contributed by atoms with Crippen molar-refractivity contribution in [2.45, 2.75) is 13.4 Å². The molecule has 0 saturated carbocycles. The molecule has 0 amide bonds. The van der Waals surface area contributed by atoms with Crippen molar-refractivity contribution in [2.24, 2.45) is 0 Å². The lowest BCUT2D eigenvalue weighted by Crippen LogP contribution is -2.06. The van der Waals surface area contributed by atoms with E-state index in [2.05, 4.69) is 9.47 Å². The van der Waals surface area contributed by atoms with Gasteiger partial charge in [-0.15, -0.1) is 0 Å². The highest BCUT2D eigenvalue weighted by atomic mass is 16.8. The van der Waals surface area contributed by atoms with E-state index in [1.807, 2.05) is 0 Å². The van der Waals surface area contributed by atoms with Crippen LogP contribution in [-0.2, 0) is 9.47 Å². The van der Waals surface area contributed by atoms with Gasteiger partial charge in [-0.1, -0.05) is 0 Å². The fourth-order valence-electron chi connectivity index (χ4n) is 0.594. The van der Waals surface area contributed by atoms with Gasteiger partial charge in [0.05, 0.1) is 0 Å². The van der Waals surface area contributed by atoms with Crippen LogP contribution in [-0.4, -0.2) is 23.3 Å². The van der Waals surface area contributed by atoms with Crippen molar-refractivity contribution in [1.82, 2.24) is 0 Å². The Morgan fingerprint density at radius 1 is 1.56 bits per heavy atom. The molecular weight excluding hydrogens is 124 g/mol. The highest BCUT2D eigenvalue weighted by Crippen LogP contribution is 2.18. The van der Waals surface area contributed by atoms with Crippen molar-refractivity contribution in [2.75, 3.05) is 6.61 Å². The molecule has 52 valence electrons. The summed E-state index contributed by atoms with van der Waals surface area (Å²) in [5.74, 6) is 0.729. The first-order valence-electron chi connectivity index (χ1n) is 2.56. The predicted molar refractivity (Wildman–Crippen MR) is 28.0 cm³/mol. The van der Waals surface area contributed by atoms with Crippen LogP contribution >= 0.6 is 0 Å². The van der Waals surface area contributed by atoms with Gasteiger partial charge in [-0.3, -0.25) is 0 Å². The number of ether oxygens (including phenoxy) is 2. The van der Waals surface area contributed by atoms with Gasteiger partial charge in [0, 0.05) is 0 Å². The monoisotopic (exact) mass is 132 g/mol. The molecular formula is C5H8O4. The molecule has 0 radical (unpaired) electrons. The molecule has 0 bridgehead atoms. The average Bonchev–Trinajstić information content (AvgIpc) is 2.10. The minimum atomic E-state index is -1.23. The smallest absolute Gasteiger partial charge is 0.358 e. The molecule has 4 heteroatoms. The summed E-state index contributed by atoms with van der Waals surface area (Å²) in [6.45, 7) is 0.150. The first-order chi connectivity index (χ1) is 4.24. The van der Waals surface area contributed by atoms with Crippen molar-refractivity contribution in [3.8, 4) is 0 Å². The van der Waals surface area contributed by atoms with E-state index in [1.165, 1.54) is 0 Å². The SMILES string of the molecule is CC1=C(CO)OC(O)O1. The van der Waals surface area contributed by atoms with Crippen LogP contribution in [0, 0.1) is 0 Å². The Morgan fingerprint density at radius 3 is 2.44 bits per heavy atom. The topological polar surface area (TPSA) is 58.9 Å². The Hall–Kier alpha value is -0.740. The van der Waals surface area contributed by atoms with Crippen LogP contribution in [0.3, 0.4) is 0 Å². The second-order valence-electron chi connectivity index (χ2n) is 1.68. The lowest BCUT2D eigenvalue weighted by molar-refractivity contribution is -0.194. The van der Waals surface area contributed by atoms with E-state index in [-0.39, 0.29) is 6.61 Å². The zero-order chi connectivity index (χ0) is 6.85. The molecule has 1 unspecified atom stereocenters. The van der Waals surface area contributed by atoms with E-state index in [0.29, 0.717) is 11.5 Å². The predicted octanol–water partition coefficient (Wildman–Crippen LogP) is -0.467. The molecule has 1 rings (SSSR count). The third-order valence-corrected chi connectivity index (χ3v) is 1.06. The van der Waals surface area contributed by atoms with Crippen LogP contribution in [0.2, 0.25) is 0 Å². The summed E-state index contributed by atoms with van der Waals surface area (Å²) in [6, 6.07) is 0. The van der Waals surface area contributed by atoms with Crippen molar-refractivity contribution in [3.05, 3.63) is 11.5 Å². The van der Waals surface area contributed by atoms with Gasteiger partial charge in [-0.2, -0.15) is 0 Å². The van der Waals surface area contributed by atoms with E-state index < -0.39 is 6.48 Å². The van der Waals surface area contributed by atoms with Gasteiger partial charge in [-0.05, 0) is 6.92 Å². The molecule has 1 heterocycles. The average molecular weight is 132 g/mol. The van der Waals surface area contributed by atoms with Crippen LogP contribution in [0.4, 0.5) is 0 Å². The van der Waals surface area contributed by atoms with Gasteiger partial charge in [0.25, 0.3) is 0 Å². The molecule has 1 aliphatic rings. The Balaban J connectivity index is 2.58. The number of rotatable bonds is 1. The van der Waals surface area contributed by atoms with Crippen molar-refractivity contribution < 1.29 is 19.7 Å². The Morgan fingerprint density at radius 2 is 2.22 bits per heavy atom. The van der Waals surface area contributed by atoms with Gasteiger partial charge >= 0.3 is 6.48 Å². The molecule has 4 nitrogen and oxygen atoms in total. The third-order valence-electron chi connectivity index (χ3n) is 1.06. The second kappa shape index (κ2) is 2.24. The maximum absolute atomic E-state index is 8.60. The summed E-state index contributed by atoms with van der Waals surface area (Å²) in [5.41, 5.74) is 0. The molecule has 0 aromatic heterocycles. The summed E-state index contributed by atoms with van der Waals surface area (Å²) in [6.07, 6.45) is 0. The Kier molecular flexibility index (Phi) is 1.59. The summed E-state index contributed by atoms with van der Waals surface area (Å²) in [4.78, 5) is 0. The molecule has 0 spiro atoms. The fourth-order valence-corrected chi connectivity index (χ4v) is 0.594. The van der Waals surface area contributed by atoms with Crippen LogP contribution in [0.25, 0.3) is 0 Å². The van der Waals surface area contributed by atoms with E-state index in [1.54, 1.807) is 6.92 Å². The zero-order valence-corrected chi connectivity index (χ0v) is 5.00. The zero-order valence-electron chi connectivity index (χ0n) is 5.00. The number of aliphatic hydroxyl groups is 2. The van der Waals surface area contributed by atoms with Gasteiger partial charge in [0.15, 0.2) is 5.76 Å². The highest BCUT2D eigenvalue weighted by Gasteiger charge is 2.20. The number of aliphatic hydroxyl groups excluding tert-OH is 2. The first-order valence-corrected chi connectivity index (χ1v) is 2.56. The molecule has 0 aromatic rings. The van der Waals surface area contributed by atoms with Gasteiger partial charge in [0.1, 0.15) is 12.4 Å². The summed E-state index contributed by atoms with van der Waals surface area (Å²) in [5, 5.41) is 17.1. The lowest BCUT2D eigenvalue weighted by Gasteiger charge is -2.00. The van der Waals surface area contributed by atoms with Crippen LogP contribution < -0.4 is 0 Å². The number of allylic oxidation sites excluding steroid dienone is 1. The third kappa shape index (κ3) is 1.14. The minimum Gasteiger partial charge on any atom is -0.433 e.